The number of nitrogen functional groups attached to an aromatic ring is 1. The number of hydrogen-bond donors (Lipinski definition) is 1. The fourth-order valence-corrected chi connectivity index (χ4v) is 2.11. The summed E-state index contributed by atoms with van der Waals surface area (Å²) >= 11 is 0. The predicted octanol–water partition coefficient (Wildman–Crippen LogP) is 1.68. The van der Waals surface area contributed by atoms with E-state index in [1.807, 2.05) is 6.92 Å². The number of fused-ring (bicyclic) bond motifs is 1. The number of nitro groups is 1. The Morgan fingerprint density at radius 3 is 2.81 bits per heavy atom. The van der Waals surface area contributed by atoms with Crippen molar-refractivity contribution in [3.05, 3.63) is 28.1 Å². The van der Waals surface area contributed by atoms with Gasteiger partial charge in [0.05, 0.1) is 11.5 Å². The van der Waals surface area contributed by atoms with Gasteiger partial charge in [-0.2, -0.15) is 5.10 Å². The van der Waals surface area contributed by atoms with Gasteiger partial charge in [0.1, 0.15) is 22.3 Å². The SMILES string of the molecule is CCc1nc(N)c2c(-c3ccc([N+](=O)[O-])o3)nn(C)c2n1. The molecule has 21 heavy (non-hydrogen) atoms. The highest BCUT2D eigenvalue weighted by molar-refractivity contribution is 5.97. The molecule has 3 heterocycles. The highest BCUT2D eigenvalue weighted by atomic mass is 16.6. The minimum absolute atomic E-state index is 0.256. The van der Waals surface area contributed by atoms with E-state index in [0.29, 0.717) is 29.0 Å². The molecule has 0 radical (unpaired) electrons. The maximum absolute atomic E-state index is 10.7. The fraction of sp³-hybridized carbons (Fsp3) is 0.250. The molecule has 108 valence electrons. The van der Waals surface area contributed by atoms with Crippen LogP contribution in [0.4, 0.5) is 11.7 Å². The third-order valence-corrected chi connectivity index (χ3v) is 3.08. The Bertz CT molecular complexity index is 850. The van der Waals surface area contributed by atoms with E-state index in [2.05, 4.69) is 15.1 Å². The number of aromatic nitrogens is 4. The first-order valence-electron chi connectivity index (χ1n) is 6.25. The van der Waals surface area contributed by atoms with Gasteiger partial charge in [-0.25, -0.2) is 14.6 Å². The highest BCUT2D eigenvalue weighted by Crippen LogP contribution is 2.32. The van der Waals surface area contributed by atoms with Crippen LogP contribution in [0.15, 0.2) is 16.5 Å². The molecule has 0 unspecified atom stereocenters. The lowest BCUT2D eigenvalue weighted by atomic mass is 10.2. The van der Waals surface area contributed by atoms with Crippen molar-refractivity contribution in [3.63, 3.8) is 0 Å². The first kappa shape index (κ1) is 13.0. The summed E-state index contributed by atoms with van der Waals surface area (Å²) in [4.78, 5) is 18.7. The maximum atomic E-state index is 10.7. The number of hydrogen-bond acceptors (Lipinski definition) is 7. The molecule has 2 N–H and O–H groups in total. The van der Waals surface area contributed by atoms with Crippen molar-refractivity contribution in [1.29, 1.82) is 0 Å². The minimum Gasteiger partial charge on any atom is -0.399 e. The second-order valence-corrected chi connectivity index (χ2v) is 4.44. The highest BCUT2D eigenvalue weighted by Gasteiger charge is 2.21. The number of rotatable bonds is 3. The van der Waals surface area contributed by atoms with Gasteiger partial charge in [-0.1, -0.05) is 6.92 Å². The second-order valence-electron chi connectivity index (χ2n) is 4.44. The second kappa shape index (κ2) is 4.54. The van der Waals surface area contributed by atoms with Gasteiger partial charge in [0.15, 0.2) is 11.4 Å². The molecule has 0 amide bonds. The van der Waals surface area contributed by atoms with Crippen molar-refractivity contribution in [2.45, 2.75) is 13.3 Å². The van der Waals surface area contributed by atoms with Crippen LogP contribution in [-0.4, -0.2) is 24.7 Å². The molecule has 9 heteroatoms. The monoisotopic (exact) mass is 288 g/mol. The number of nitrogens with two attached hydrogens (primary N) is 1. The quantitative estimate of drug-likeness (QED) is 0.573. The lowest BCUT2D eigenvalue weighted by molar-refractivity contribution is -0.401. The van der Waals surface area contributed by atoms with Crippen LogP contribution in [0.5, 0.6) is 0 Å². The molecule has 3 aromatic rings. The Balaban J connectivity index is 2.25. The van der Waals surface area contributed by atoms with Gasteiger partial charge in [-0.3, -0.25) is 10.1 Å². The van der Waals surface area contributed by atoms with Crippen molar-refractivity contribution in [2.24, 2.45) is 7.05 Å². The summed E-state index contributed by atoms with van der Waals surface area (Å²) < 4.78 is 6.73. The number of nitrogens with zero attached hydrogens (tertiary/aromatic N) is 5. The summed E-state index contributed by atoms with van der Waals surface area (Å²) in [7, 11) is 1.72. The van der Waals surface area contributed by atoms with Gasteiger partial charge in [-0.15, -0.1) is 0 Å². The summed E-state index contributed by atoms with van der Waals surface area (Å²) in [6.45, 7) is 1.92. The van der Waals surface area contributed by atoms with Crippen molar-refractivity contribution in [1.82, 2.24) is 19.7 Å². The maximum Gasteiger partial charge on any atom is 0.433 e. The number of anilines is 1. The van der Waals surface area contributed by atoms with Gasteiger partial charge >= 0.3 is 5.88 Å². The van der Waals surface area contributed by atoms with Crippen LogP contribution >= 0.6 is 0 Å². The molecule has 0 fully saturated rings. The normalized spacial score (nSPS) is 11.1. The molecule has 0 saturated heterocycles. The summed E-state index contributed by atoms with van der Waals surface area (Å²) in [5.74, 6) is 0.791. The average Bonchev–Trinajstić information content (AvgIpc) is 3.04. The van der Waals surface area contributed by atoms with Crippen LogP contribution in [-0.2, 0) is 13.5 Å². The Kier molecular flexibility index (Phi) is 2.82. The van der Waals surface area contributed by atoms with Crippen LogP contribution in [0.2, 0.25) is 0 Å². The molecule has 0 aliphatic carbocycles. The minimum atomic E-state index is -0.607. The first-order chi connectivity index (χ1) is 10.0. The molecule has 3 rings (SSSR count). The summed E-state index contributed by atoms with van der Waals surface area (Å²) in [6.07, 6.45) is 0.646. The fourth-order valence-electron chi connectivity index (χ4n) is 2.11. The topological polar surface area (TPSA) is 126 Å². The molecular formula is C12H12N6O3. The standard InChI is InChI=1S/C12H12N6O3/c1-3-7-14-11(13)9-10(16-17(2)12(9)15-7)6-4-5-8(21-6)18(19)20/h4-5H,3H2,1-2H3,(H2,13,14,15). The molecule has 0 aliphatic heterocycles. The zero-order chi connectivity index (χ0) is 15.1. The molecule has 3 aromatic heterocycles. The van der Waals surface area contributed by atoms with Gasteiger partial charge in [0, 0.05) is 13.5 Å². The predicted molar refractivity (Wildman–Crippen MR) is 74.5 cm³/mol. The molecule has 9 nitrogen and oxygen atoms in total. The van der Waals surface area contributed by atoms with Crippen LogP contribution in [0.3, 0.4) is 0 Å². The summed E-state index contributed by atoms with van der Waals surface area (Å²) in [5.41, 5.74) is 6.92. The van der Waals surface area contributed by atoms with Crippen LogP contribution in [0, 0.1) is 10.1 Å². The van der Waals surface area contributed by atoms with E-state index in [-0.39, 0.29) is 17.5 Å². The molecular weight excluding hydrogens is 276 g/mol. The zero-order valence-electron chi connectivity index (χ0n) is 11.4. The molecule has 0 bridgehead atoms. The molecule has 0 aliphatic rings. The van der Waals surface area contributed by atoms with Gasteiger partial charge in [0.25, 0.3) is 0 Å². The van der Waals surface area contributed by atoms with E-state index < -0.39 is 4.92 Å². The van der Waals surface area contributed by atoms with E-state index in [0.717, 1.165) is 0 Å². The Morgan fingerprint density at radius 2 is 2.19 bits per heavy atom. The zero-order valence-corrected chi connectivity index (χ0v) is 11.4. The first-order valence-corrected chi connectivity index (χ1v) is 6.25. The van der Waals surface area contributed by atoms with Crippen molar-refractivity contribution in [3.8, 4) is 11.5 Å². The average molecular weight is 288 g/mol. The molecule has 0 atom stereocenters. The van der Waals surface area contributed by atoms with E-state index in [1.54, 1.807) is 11.7 Å². The van der Waals surface area contributed by atoms with Crippen LogP contribution in [0.1, 0.15) is 12.7 Å². The Hall–Kier alpha value is -2.97. The lowest BCUT2D eigenvalue weighted by Crippen LogP contribution is -2.01. The van der Waals surface area contributed by atoms with Crippen molar-refractivity contribution in [2.75, 3.05) is 5.73 Å². The van der Waals surface area contributed by atoms with E-state index in [9.17, 15) is 10.1 Å². The smallest absolute Gasteiger partial charge is 0.399 e. The summed E-state index contributed by atoms with van der Waals surface area (Å²) in [6, 6.07) is 2.75. The molecule has 0 spiro atoms. The van der Waals surface area contributed by atoms with Crippen molar-refractivity contribution < 1.29 is 9.34 Å². The van der Waals surface area contributed by atoms with Gasteiger partial charge in [0.2, 0.25) is 0 Å². The molecule has 0 saturated carbocycles. The number of aryl methyl sites for hydroxylation is 2. The third kappa shape index (κ3) is 1.98. The van der Waals surface area contributed by atoms with Gasteiger partial charge < -0.3 is 10.2 Å². The lowest BCUT2D eigenvalue weighted by Gasteiger charge is -2.00. The molecule has 0 aromatic carbocycles. The third-order valence-electron chi connectivity index (χ3n) is 3.08. The van der Waals surface area contributed by atoms with Gasteiger partial charge in [-0.05, 0) is 6.07 Å². The Labute approximate surface area is 118 Å². The van der Waals surface area contributed by atoms with E-state index in [4.69, 9.17) is 10.2 Å². The van der Waals surface area contributed by atoms with Crippen LogP contribution < -0.4 is 5.73 Å². The summed E-state index contributed by atoms with van der Waals surface area (Å²) in [5, 5.41) is 15.5. The number of furan rings is 1. The van der Waals surface area contributed by atoms with Crippen molar-refractivity contribution >= 4 is 22.7 Å². The Morgan fingerprint density at radius 1 is 1.43 bits per heavy atom. The van der Waals surface area contributed by atoms with Crippen LogP contribution in [0.25, 0.3) is 22.5 Å². The van der Waals surface area contributed by atoms with E-state index >= 15 is 0 Å². The largest absolute Gasteiger partial charge is 0.433 e. The van der Waals surface area contributed by atoms with E-state index in [1.165, 1.54) is 12.1 Å².